The van der Waals surface area contributed by atoms with Gasteiger partial charge in [-0.25, -0.2) is 0 Å². The van der Waals surface area contributed by atoms with E-state index in [1.807, 2.05) is 0 Å². The Labute approximate surface area is 88.7 Å². The third-order valence-corrected chi connectivity index (χ3v) is 4.45. The summed E-state index contributed by atoms with van der Waals surface area (Å²) in [6, 6.07) is 0. The molecule has 14 heavy (non-hydrogen) atoms. The van der Waals surface area contributed by atoms with Gasteiger partial charge in [0, 0.05) is 6.54 Å². The molecule has 0 amide bonds. The second-order valence-corrected chi connectivity index (χ2v) is 6.30. The molecule has 0 radical (unpaired) electrons. The molecule has 0 aromatic rings. The standard InChI is InChI=1S/C13H25N/c1-12(2)5-3-6-13(9-8-12)7-4-10-14-11-13/h14H,3-11H2,1-2H3. The summed E-state index contributed by atoms with van der Waals surface area (Å²) in [5.74, 6) is 0. The lowest BCUT2D eigenvalue weighted by atomic mass is 9.74. The Morgan fingerprint density at radius 2 is 1.64 bits per heavy atom. The highest BCUT2D eigenvalue weighted by molar-refractivity contribution is 4.90. The van der Waals surface area contributed by atoms with Crippen LogP contribution in [0.1, 0.15) is 58.8 Å². The molecule has 2 fully saturated rings. The molecule has 1 unspecified atom stereocenters. The van der Waals surface area contributed by atoms with Gasteiger partial charge in [0.05, 0.1) is 0 Å². The largest absolute Gasteiger partial charge is 0.316 e. The predicted octanol–water partition coefficient (Wildman–Crippen LogP) is 3.35. The SMILES string of the molecule is CC1(C)CCCC2(CCCNC2)CC1. The molecule has 1 aliphatic carbocycles. The van der Waals surface area contributed by atoms with Crippen molar-refractivity contribution in [1.82, 2.24) is 5.32 Å². The van der Waals surface area contributed by atoms with Crippen LogP contribution >= 0.6 is 0 Å². The van der Waals surface area contributed by atoms with E-state index in [1.54, 1.807) is 0 Å². The van der Waals surface area contributed by atoms with Gasteiger partial charge in [-0.05, 0) is 55.9 Å². The quantitative estimate of drug-likeness (QED) is 0.625. The van der Waals surface area contributed by atoms with Crippen molar-refractivity contribution in [3.63, 3.8) is 0 Å². The minimum Gasteiger partial charge on any atom is -0.316 e. The van der Waals surface area contributed by atoms with Gasteiger partial charge in [-0.3, -0.25) is 0 Å². The van der Waals surface area contributed by atoms with E-state index >= 15 is 0 Å². The smallest absolute Gasteiger partial charge is 0.000782 e. The van der Waals surface area contributed by atoms with Gasteiger partial charge in [-0.15, -0.1) is 0 Å². The van der Waals surface area contributed by atoms with Gasteiger partial charge in [0.25, 0.3) is 0 Å². The first-order valence-electron chi connectivity index (χ1n) is 6.33. The van der Waals surface area contributed by atoms with E-state index < -0.39 is 0 Å². The third kappa shape index (κ3) is 2.31. The highest BCUT2D eigenvalue weighted by Gasteiger charge is 2.36. The predicted molar refractivity (Wildman–Crippen MR) is 61.4 cm³/mol. The number of hydrogen-bond acceptors (Lipinski definition) is 1. The fourth-order valence-corrected chi connectivity index (χ4v) is 3.25. The lowest BCUT2D eigenvalue weighted by Crippen LogP contribution is -2.39. The Balaban J connectivity index is 1.99. The monoisotopic (exact) mass is 195 g/mol. The summed E-state index contributed by atoms with van der Waals surface area (Å²) in [7, 11) is 0. The summed E-state index contributed by atoms with van der Waals surface area (Å²) in [5, 5.41) is 3.60. The third-order valence-electron chi connectivity index (χ3n) is 4.45. The molecule has 1 saturated heterocycles. The van der Waals surface area contributed by atoms with Gasteiger partial charge in [0.1, 0.15) is 0 Å². The number of nitrogens with one attached hydrogen (secondary N) is 1. The summed E-state index contributed by atoms with van der Waals surface area (Å²) >= 11 is 0. The van der Waals surface area contributed by atoms with E-state index in [0.717, 1.165) is 0 Å². The summed E-state index contributed by atoms with van der Waals surface area (Å²) < 4.78 is 0. The molecule has 2 aliphatic rings. The van der Waals surface area contributed by atoms with Gasteiger partial charge in [-0.1, -0.05) is 20.3 Å². The zero-order chi connectivity index (χ0) is 10.1. The molecule has 1 heterocycles. The minimum atomic E-state index is 0.612. The zero-order valence-electron chi connectivity index (χ0n) is 9.86. The summed E-state index contributed by atoms with van der Waals surface area (Å²) in [6.45, 7) is 7.44. The van der Waals surface area contributed by atoms with Crippen LogP contribution in [0.4, 0.5) is 0 Å². The second kappa shape index (κ2) is 3.84. The maximum Gasteiger partial charge on any atom is 0.000782 e. The molecule has 82 valence electrons. The van der Waals surface area contributed by atoms with Crippen LogP contribution in [0.2, 0.25) is 0 Å². The van der Waals surface area contributed by atoms with Gasteiger partial charge < -0.3 is 5.32 Å². The molecule has 1 saturated carbocycles. The van der Waals surface area contributed by atoms with Crippen molar-refractivity contribution in [1.29, 1.82) is 0 Å². The van der Waals surface area contributed by atoms with E-state index in [9.17, 15) is 0 Å². The Morgan fingerprint density at radius 3 is 2.36 bits per heavy atom. The van der Waals surface area contributed by atoms with Crippen molar-refractivity contribution in [2.45, 2.75) is 58.8 Å². The van der Waals surface area contributed by atoms with Gasteiger partial charge in [0.15, 0.2) is 0 Å². The van der Waals surface area contributed by atoms with Gasteiger partial charge in [-0.2, -0.15) is 0 Å². The second-order valence-electron chi connectivity index (χ2n) is 6.30. The highest BCUT2D eigenvalue weighted by atomic mass is 14.9. The summed E-state index contributed by atoms with van der Waals surface area (Å²) in [6.07, 6.45) is 10.2. The van der Waals surface area contributed by atoms with Crippen molar-refractivity contribution in [3.8, 4) is 0 Å². The number of rotatable bonds is 0. The van der Waals surface area contributed by atoms with Crippen LogP contribution in [0.25, 0.3) is 0 Å². The molecule has 1 aliphatic heterocycles. The molecule has 2 rings (SSSR count). The first-order chi connectivity index (χ1) is 6.62. The van der Waals surface area contributed by atoms with Crippen molar-refractivity contribution in [2.24, 2.45) is 10.8 Å². The molecule has 0 bridgehead atoms. The fraction of sp³-hybridized carbons (Fsp3) is 1.00. The Bertz CT molecular complexity index is 189. The van der Waals surface area contributed by atoms with Crippen LogP contribution < -0.4 is 5.32 Å². The van der Waals surface area contributed by atoms with E-state index in [2.05, 4.69) is 19.2 Å². The van der Waals surface area contributed by atoms with Crippen LogP contribution in [0.5, 0.6) is 0 Å². The molecule has 1 heteroatoms. The van der Waals surface area contributed by atoms with Crippen LogP contribution in [-0.2, 0) is 0 Å². The molecular formula is C13H25N. The molecule has 1 N–H and O–H groups in total. The molecule has 1 atom stereocenters. The molecular weight excluding hydrogens is 170 g/mol. The summed E-state index contributed by atoms with van der Waals surface area (Å²) in [4.78, 5) is 0. The number of piperidine rings is 1. The van der Waals surface area contributed by atoms with Crippen molar-refractivity contribution in [3.05, 3.63) is 0 Å². The first kappa shape index (κ1) is 10.5. The van der Waals surface area contributed by atoms with Crippen molar-refractivity contribution >= 4 is 0 Å². The fourth-order valence-electron chi connectivity index (χ4n) is 3.25. The van der Waals surface area contributed by atoms with Gasteiger partial charge >= 0.3 is 0 Å². The number of hydrogen-bond donors (Lipinski definition) is 1. The average Bonchev–Trinajstić information content (AvgIpc) is 2.29. The Morgan fingerprint density at radius 1 is 0.857 bits per heavy atom. The normalized spacial score (nSPS) is 38.1. The zero-order valence-corrected chi connectivity index (χ0v) is 9.86. The van der Waals surface area contributed by atoms with E-state index in [-0.39, 0.29) is 0 Å². The highest BCUT2D eigenvalue weighted by Crippen LogP contribution is 2.45. The van der Waals surface area contributed by atoms with E-state index in [4.69, 9.17) is 0 Å². The van der Waals surface area contributed by atoms with Crippen molar-refractivity contribution in [2.75, 3.05) is 13.1 Å². The van der Waals surface area contributed by atoms with Crippen LogP contribution in [0, 0.1) is 10.8 Å². The van der Waals surface area contributed by atoms with Gasteiger partial charge in [0.2, 0.25) is 0 Å². The van der Waals surface area contributed by atoms with Crippen LogP contribution in [0.3, 0.4) is 0 Å². The Kier molecular flexibility index (Phi) is 2.88. The molecule has 0 aromatic heterocycles. The molecule has 1 spiro atoms. The maximum absolute atomic E-state index is 3.60. The van der Waals surface area contributed by atoms with Crippen LogP contribution in [0.15, 0.2) is 0 Å². The lowest BCUT2D eigenvalue weighted by molar-refractivity contribution is 0.171. The van der Waals surface area contributed by atoms with E-state index in [0.29, 0.717) is 10.8 Å². The maximum atomic E-state index is 3.60. The lowest BCUT2D eigenvalue weighted by Gasteiger charge is -2.37. The molecule has 1 nitrogen and oxygen atoms in total. The molecule has 0 aromatic carbocycles. The van der Waals surface area contributed by atoms with Crippen molar-refractivity contribution < 1.29 is 0 Å². The average molecular weight is 195 g/mol. The Hall–Kier alpha value is -0.0400. The first-order valence-corrected chi connectivity index (χ1v) is 6.33. The summed E-state index contributed by atoms with van der Waals surface area (Å²) in [5.41, 5.74) is 1.30. The minimum absolute atomic E-state index is 0.612. The topological polar surface area (TPSA) is 12.0 Å². The van der Waals surface area contributed by atoms with Crippen LogP contribution in [-0.4, -0.2) is 13.1 Å². The van der Waals surface area contributed by atoms with E-state index in [1.165, 1.54) is 58.0 Å².